The van der Waals surface area contributed by atoms with Crippen molar-refractivity contribution in [2.24, 2.45) is 5.73 Å². The fraction of sp³-hybridized carbons (Fsp3) is 0.455. The van der Waals surface area contributed by atoms with Crippen LogP contribution in [0.5, 0.6) is 0 Å². The van der Waals surface area contributed by atoms with Gasteiger partial charge in [0.15, 0.2) is 0 Å². The zero-order valence-electron chi connectivity index (χ0n) is 9.31. The van der Waals surface area contributed by atoms with Crippen molar-refractivity contribution in [3.63, 3.8) is 0 Å². The molecular weight excluding hydrogens is 204 g/mol. The van der Waals surface area contributed by atoms with Gasteiger partial charge in [-0.25, -0.2) is 0 Å². The fourth-order valence-electron chi connectivity index (χ4n) is 1.71. The van der Waals surface area contributed by atoms with Gasteiger partial charge in [-0.1, -0.05) is 0 Å². The lowest BCUT2D eigenvalue weighted by Gasteiger charge is -2.28. The van der Waals surface area contributed by atoms with E-state index < -0.39 is 0 Å². The predicted molar refractivity (Wildman–Crippen MR) is 62.1 cm³/mol. The Bertz CT molecular complexity index is 374. The second-order valence-corrected chi connectivity index (χ2v) is 4.00. The van der Waals surface area contributed by atoms with Crippen LogP contribution in [0.3, 0.4) is 0 Å². The van der Waals surface area contributed by atoms with Gasteiger partial charge in [-0.3, -0.25) is 9.78 Å². The second-order valence-electron chi connectivity index (χ2n) is 4.00. The van der Waals surface area contributed by atoms with E-state index in [4.69, 9.17) is 5.73 Å². The molecule has 2 heterocycles. The first-order chi connectivity index (χ1) is 7.66. The van der Waals surface area contributed by atoms with Crippen LogP contribution in [0.4, 0.5) is 5.69 Å². The number of aromatic nitrogens is 1. The van der Waals surface area contributed by atoms with Crippen molar-refractivity contribution >= 4 is 11.6 Å². The molecular formula is C11H16N4O. The number of amides is 1. The minimum absolute atomic E-state index is 0.0568. The van der Waals surface area contributed by atoms with Gasteiger partial charge in [0, 0.05) is 19.1 Å². The number of nitrogens with two attached hydrogens (primary N) is 1. The van der Waals surface area contributed by atoms with Gasteiger partial charge >= 0.3 is 0 Å². The summed E-state index contributed by atoms with van der Waals surface area (Å²) in [5.41, 5.74) is 7.56. The van der Waals surface area contributed by atoms with Gasteiger partial charge in [0.05, 0.1) is 24.1 Å². The molecule has 86 valence electrons. The fourth-order valence-corrected chi connectivity index (χ4v) is 1.71. The summed E-state index contributed by atoms with van der Waals surface area (Å²) in [7, 11) is 0. The second kappa shape index (κ2) is 4.49. The Balaban J connectivity index is 2.11. The van der Waals surface area contributed by atoms with Crippen molar-refractivity contribution in [3.05, 3.63) is 24.0 Å². The van der Waals surface area contributed by atoms with E-state index in [1.165, 1.54) is 0 Å². The molecule has 2 rings (SSSR count). The Hall–Kier alpha value is -1.62. The number of hydrogen-bond donors (Lipinski definition) is 2. The highest BCUT2D eigenvalue weighted by Gasteiger charge is 2.16. The highest BCUT2D eigenvalue weighted by atomic mass is 16.2. The molecule has 1 fully saturated rings. The first-order valence-corrected chi connectivity index (χ1v) is 5.40. The largest absolute Gasteiger partial charge is 0.359 e. The van der Waals surface area contributed by atoms with E-state index in [0.717, 1.165) is 17.9 Å². The summed E-state index contributed by atoms with van der Waals surface area (Å²) in [5.74, 6) is 0.0579. The first kappa shape index (κ1) is 10.9. The third kappa shape index (κ3) is 2.30. The summed E-state index contributed by atoms with van der Waals surface area (Å²) < 4.78 is 0. The molecule has 1 aliphatic heterocycles. The van der Waals surface area contributed by atoms with Crippen molar-refractivity contribution in [1.82, 2.24) is 10.3 Å². The molecule has 0 radical (unpaired) electrons. The lowest BCUT2D eigenvalue weighted by atomic mass is 10.2. The van der Waals surface area contributed by atoms with Crippen LogP contribution in [0, 0.1) is 0 Å². The third-order valence-electron chi connectivity index (χ3n) is 2.64. The standard InChI is InChI=1S/C11H16N4O/c1-8(12)10-3-2-9(6-14-10)15-5-4-13-11(16)7-15/h2-3,6,8H,4-5,7,12H2,1H3,(H,13,16)/t8-/m1/s1. The van der Waals surface area contributed by atoms with Crippen molar-refractivity contribution in [3.8, 4) is 0 Å². The Morgan fingerprint density at radius 3 is 2.94 bits per heavy atom. The number of nitrogens with one attached hydrogen (secondary N) is 1. The molecule has 0 unspecified atom stereocenters. The smallest absolute Gasteiger partial charge is 0.239 e. The Kier molecular flexibility index (Phi) is 3.05. The van der Waals surface area contributed by atoms with Gasteiger partial charge in [0.1, 0.15) is 0 Å². The molecule has 1 aliphatic rings. The quantitative estimate of drug-likeness (QED) is 0.738. The summed E-state index contributed by atoms with van der Waals surface area (Å²) in [6.07, 6.45) is 1.78. The minimum atomic E-state index is -0.0568. The third-order valence-corrected chi connectivity index (χ3v) is 2.64. The number of hydrogen-bond acceptors (Lipinski definition) is 4. The Morgan fingerprint density at radius 1 is 1.56 bits per heavy atom. The van der Waals surface area contributed by atoms with Gasteiger partial charge < -0.3 is 16.0 Å². The number of carbonyl (C=O) groups is 1. The van der Waals surface area contributed by atoms with Crippen molar-refractivity contribution in [1.29, 1.82) is 0 Å². The van der Waals surface area contributed by atoms with Gasteiger partial charge in [-0.2, -0.15) is 0 Å². The molecule has 3 N–H and O–H groups in total. The number of nitrogens with zero attached hydrogens (tertiary/aromatic N) is 2. The minimum Gasteiger partial charge on any atom is -0.359 e. The number of carbonyl (C=O) groups excluding carboxylic acids is 1. The number of rotatable bonds is 2. The molecule has 1 aromatic rings. The zero-order chi connectivity index (χ0) is 11.5. The Morgan fingerprint density at radius 2 is 2.38 bits per heavy atom. The van der Waals surface area contributed by atoms with E-state index in [9.17, 15) is 4.79 Å². The molecule has 1 aromatic heterocycles. The van der Waals surface area contributed by atoms with Crippen LogP contribution in [0.2, 0.25) is 0 Å². The van der Waals surface area contributed by atoms with Crippen molar-refractivity contribution in [2.45, 2.75) is 13.0 Å². The average Bonchev–Trinajstić information content (AvgIpc) is 2.29. The topological polar surface area (TPSA) is 71.2 Å². The lowest BCUT2D eigenvalue weighted by molar-refractivity contribution is -0.120. The lowest BCUT2D eigenvalue weighted by Crippen LogP contribution is -2.47. The van der Waals surface area contributed by atoms with E-state index in [1.807, 2.05) is 24.0 Å². The molecule has 0 spiro atoms. The summed E-state index contributed by atoms with van der Waals surface area (Å²) in [5, 5.41) is 2.79. The molecule has 5 heteroatoms. The molecule has 1 atom stereocenters. The summed E-state index contributed by atoms with van der Waals surface area (Å²) in [4.78, 5) is 17.5. The van der Waals surface area contributed by atoms with E-state index in [1.54, 1.807) is 6.20 Å². The van der Waals surface area contributed by atoms with Crippen LogP contribution in [-0.2, 0) is 4.79 Å². The van der Waals surface area contributed by atoms with Crippen LogP contribution in [0.15, 0.2) is 18.3 Å². The van der Waals surface area contributed by atoms with E-state index in [0.29, 0.717) is 13.1 Å². The molecule has 5 nitrogen and oxygen atoms in total. The number of piperazine rings is 1. The maximum atomic E-state index is 11.2. The zero-order valence-corrected chi connectivity index (χ0v) is 9.31. The molecule has 0 saturated carbocycles. The van der Waals surface area contributed by atoms with E-state index in [2.05, 4.69) is 10.3 Å². The molecule has 0 aliphatic carbocycles. The summed E-state index contributed by atoms with van der Waals surface area (Å²) in [6.45, 7) is 3.81. The van der Waals surface area contributed by atoms with Crippen LogP contribution in [0.1, 0.15) is 18.7 Å². The molecule has 0 bridgehead atoms. The van der Waals surface area contributed by atoms with E-state index >= 15 is 0 Å². The molecule has 1 amide bonds. The van der Waals surface area contributed by atoms with Crippen LogP contribution in [0.25, 0.3) is 0 Å². The predicted octanol–water partition coefficient (Wildman–Crippen LogP) is 0.0375. The van der Waals surface area contributed by atoms with Gasteiger partial charge in [-0.15, -0.1) is 0 Å². The van der Waals surface area contributed by atoms with Gasteiger partial charge in [0.25, 0.3) is 0 Å². The Labute approximate surface area is 94.6 Å². The highest BCUT2D eigenvalue weighted by Crippen LogP contribution is 2.15. The maximum Gasteiger partial charge on any atom is 0.239 e. The van der Waals surface area contributed by atoms with Crippen LogP contribution >= 0.6 is 0 Å². The first-order valence-electron chi connectivity index (χ1n) is 5.40. The summed E-state index contributed by atoms with van der Waals surface area (Å²) in [6, 6.07) is 3.82. The van der Waals surface area contributed by atoms with Crippen molar-refractivity contribution < 1.29 is 4.79 Å². The van der Waals surface area contributed by atoms with Gasteiger partial charge in [0.2, 0.25) is 5.91 Å². The normalized spacial score (nSPS) is 18.1. The molecule has 0 aromatic carbocycles. The molecule has 1 saturated heterocycles. The number of anilines is 1. The molecule has 16 heavy (non-hydrogen) atoms. The SMILES string of the molecule is C[C@@H](N)c1ccc(N2CCNC(=O)C2)cn1. The average molecular weight is 220 g/mol. The monoisotopic (exact) mass is 220 g/mol. The number of pyridine rings is 1. The van der Waals surface area contributed by atoms with Gasteiger partial charge in [-0.05, 0) is 19.1 Å². The summed E-state index contributed by atoms with van der Waals surface area (Å²) >= 11 is 0. The highest BCUT2D eigenvalue weighted by molar-refractivity contribution is 5.82. The van der Waals surface area contributed by atoms with E-state index in [-0.39, 0.29) is 11.9 Å². The van der Waals surface area contributed by atoms with Crippen LogP contribution in [-0.4, -0.2) is 30.5 Å². The van der Waals surface area contributed by atoms with Crippen LogP contribution < -0.4 is 16.0 Å². The maximum absolute atomic E-state index is 11.2. The van der Waals surface area contributed by atoms with Crippen molar-refractivity contribution in [2.75, 3.05) is 24.5 Å².